The van der Waals surface area contributed by atoms with Crippen LogP contribution in [0.3, 0.4) is 0 Å². The lowest BCUT2D eigenvalue weighted by molar-refractivity contribution is -0.115. The van der Waals surface area contributed by atoms with E-state index in [9.17, 15) is 4.79 Å². The molecule has 0 bridgehead atoms. The van der Waals surface area contributed by atoms with Crippen LogP contribution in [0.25, 0.3) is 0 Å². The Balaban J connectivity index is 1.70. The van der Waals surface area contributed by atoms with Crippen LogP contribution in [0.15, 0.2) is 65.3 Å². The second kappa shape index (κ2) is 8.60. The van der Waals surface area contributed by atoms with E-state index in [1.807, 2.05) is 42.5 Å². The Bertz CT molecular complexity index is 883. The Hall–Kier alpha value is -1.98. The van der Waals surface area contributed by atoms with Crippen molar-refractivity contribution in [3.05, 3.63) is 87.3 Å². The molecule has 1 heterocycles. The van der Waals surface area contributed by atoms with E-state index in [4.69, 9.17) is 39.2 Å². The Morgan fingerprint density at radius 1 is 0.962 bits per heavy atom. The molecule has 0 fully saturated rings. The van der Waals surface area contributed by atoms with Crippen LogP contribution < -0.4 is 10.6 Å². The number of halogens is 3. The Morgan fingerprint density at radius 2 is 1.69 bits per heavy atom. The Morgan fingerprint density at radius 3 is 2.38 bits per heavy atom. The van der Waals surface area contributed by atoms with E-state index in [1.54, 1.807) is 6.26 Å². The van der Waals surface area contributed by atoms with Crippen molar-refractivity contribution in [1.82, 2.24) is 5.32 Å². The van der Waals surface area contributed by atoms with E-state index in [2.05, 4.69) is 10.6 Å². The van der Waals surface area contributed by atoms with Crippen molar-refractivity contribution >= 4 is 46.4 Å². The lowest BCUT2D eigenvalue weighted by Crippen LogP contribution is -2.31. The summed E-state index contributed by atoms with van der Waals surface area (Å²) in [5.74, 6) is 0.453. The van der Waals surface area contributed by atoms with E-state index in [1.165, 1.54) is 12.1 Å². The number of hydrogen-bond acceptors (Lipinski definition) is 3. The molecule has 3 rings (SSSR count). The third-order valence-corrected chi connectivity index (χ3v) is 4.75. The van der Waals surface area contributed by atoms with Gasteiger partial charge in [-0.25, -0.2) is 0 Å². The molecule has 26 heavy (non-hydrogen) atoms. The second-order valence-corrected chi connectivity index (χ2v) is 6.76. The third kappa shape index (κ3) is 4.59. The molecule has 134 valence electrons. The van der Waals surface area contributed by atoms with Crippen molar-refractivity contribution < 1.29 is 9.21 Å². The van der Waals surface area contributed by atoms with Crippen LogP contribution in [0, 0.1) is 0 Å². The van der Waals surface area contributed by atoms with Crippen molar-refractivity contribution in [2.45, 2.75) is 6.04 Å². The van der Waals surface area contributed by atoms with Crippen LogP contribution in [0.2, 0.25) is 15.1 Å². The highest BCUT2D eigenvalue weighted by atomic mass is 35.5. The van der Waals surface area contributed by atoms with Gasteiger partial charge in [0.1, 0.15) is 5.76 Å². The molecular formula is C19H15Cl3N2O2. The normalized spacial score (nSPS) is 12.0. The number of furan rings is 1. The van der Waals surface area contributed by atoms with E-state index >= 15 is 0 Å². The molecule has 2 N–H and O–H groups in total. The van der Waals surface area contributed by atoms with Gasteiger partial charge in [0.25, 0.3) is 0 Å². The summed E-state index contributed by atoms with van der Waals surface area (Å²) in [7, 11) is 0. The van der Waals surface area contributed by atoms with Crippen LogP contribution in [-0.2, 0) is 4.79 Å². The fourth-order valence-electron chi connectivity index (χ4n) is 2.49. The molecule has 4 nitrogen and oxygen atoms in total. The Labute approximate surface area is 166 Å². The number of nitrogens with one attached hydrogen (secondary N) is 2. The number of anilines is 1. The van der Waals surface area contributed by atoms with Gasteiger partial charge in [-0.05, 0) is 29.8 Å². The van der Waals surface area contributed by atoms with E-state index < -0.39 is 0 Å². The monoisotopic (exact) mass is 408 g/mol. The standard InChI is InChI=1S/C19H15Cl3N2O2/c20-13-9-15(22)16(10-14(13)21)24-18(25)11-23-19(17-7-4-8-26-17)12-5-2-1-3-6-12/h1-10,19,23H,11H2,(H,24,25)/t19-/m1/s1. The zero-order chi connectivity index (χ0) is 18.5. The van der Waals surface area contributed by atoms with E-state index in [0.717, 1.165) is 11.3 Å². The topological polar surface area (TPSA) is 54.3 Å². The molecule has 0 aliphatic carbocycles. The van der Waals surface area contributed by atoms with Crippen molar-refractivity contribution in [2.75, 3.05) is 11.9 Å². The van der Waals surface area contributed by atoms with Crippen LogP contribution in [0.5, 0.6) is 0 Å². The first-order valence-corrected chi connectivity index (χ1v) is 8.94. The summed E-state index contributed by atoms with van der Waals surface area (Å²) >= 11 is 18.0. The molecule has 3 aromatic rings. The van der Waals surface area contributed by atoms with Gasteiger partial charge in [-0.1, -0.05) is 65.1 Å². The highest BCUT2D eigenvalue weighted by Gasteiger charge is 2.18. The van der Waals surface area contributed by atoms with Crippen molar-refractivity contribution in [3.8, 4) is 0 Å². The highest BCUT2D eigenvalue weighted by Crippen LogP contribution is 2.32. The number of carbonyl (C=O) groups excluding carboxylic acids is 1. The summed E-state index contributed by atoms with van der Waals surface area (Å²) in [5.41, 5.74) is 1.39. The van der Waals surface area contributed by atoms with Crippen LogP contribution >= 0.6 is 34.8 Å². The van der Waals surface area contributed by atoms with Crippen molar-refractivity contribution in [2.24, 2.45) is 0 Å². The molecule has 1 atom stereocenters. The largest absolute Gasteiger partial charge is 0.467 e. The fourth-order valence-corrected chi connectivity index (χ4v) is 3.09. The van der Waals surface area contributed by atoms with Crippen LogP contribution in [0.4, 0.5) is 5.69 Å². The number of hydrogen-bond donors (Lipinski definition) is 2. The molecule has 0 aliphatic heterocycles. The minimum Gasteiger partial charge on any atom is -0.467 e. The first-order chi connectivity index (χ1) is 12.5. The molecule has 0 saturated carbocycles. The smallest absolute Gasteiger partial charge is 0.238 e. The highest BCUT2D eigenvalue weighted by molar-refractivity contribution is 6.44. The molecule has 0 saturated heterocycles. The minimum atomic E-state index is -0.266. The first kappa shape index (κ1) is 18.8. The summed E-state index contributed by atoms with van der Waals surface area (Å²) in [4.78, 5) is 12.3. The predicted molar refractivity (Wildman–Crippen MR) is 105 cm³/mol. The lowest BCUT2D eigenvalue weighted by atomic mass is 10.0. The zero-order valence-electron chi connectivity index (χ0n) is 13.5. The SMILES string of the molecule is O=C(CN[C@H](c1ccccc1)c1ccco1)Nc1cc(Cl)c(Cl)cc1Cl. The maximum absolute atomic E-state index is 12.3. The van der Waals surface area contributed by atoms with Gasteiger partial charge in [0.2, 0.25) is 5.91 Å². The molecule has 1 amide bonds. The summed E-state index contributed by atoms with van der Waals surface area (Å²) in [5, 5.41) is 6.88. The fraction of sp³-hybridized carbons (Fsp3) is 0.105. The summed E-state index contributed by atoms with van der Waals surface area (Å²) in [6, 6.07) is 16.2. The first-order valence-electron chi connectivity index (χ1n) is 7.80. The van der Waals surface area contributed by atoms with Gasteiger partial charge >= 0.3 is 0 Å². The van der Waals surface area contributed by atoms with Crippen LogP contribution in [0.1, 0.15) is 17.4 Å². The second-order valence-electron chi connectivity index (χ2n) is 5.53. The molecule has 7 heteroatoms. The van der Waals surface area contributed by atoms with Gasteiger partial charge in [0.05, 0.1) is 39.6 Å². The van der Waals surface area contributed by atoms with Gasteiger partial charge in [-0.15, -0.1) is 0 Å². The number of benzene rings is 2. The summed E-state index contributed by atoms with van der Waals surface area (Å²) in [6.07, 6.45) is 1.60. The van der Waals surface area contributed by atoms with E-state index in [0.29, 0.717) is 20.8 Å². The maximum atomic E-state index is 12.3. The molecule has 0 aliphatic rings. The minimum absolute atomic E-state index is 0.0524. The quantitative estimate of drug-likeness (QED) is 0.524. The maximum Gasteiger partial charge on any atom is 0.238 e. The number of rotatable bonds is 6. The lowest BCUT2D eigenvalue weighted by Gasteiger charge is -2.17. The third-order valence-electron chi connectivity index (χ3n) is 3.71. The Kier molecular flexibility index (Phi) is 6.22. The van der Waals surface area contributed by atoms with Gasteiger partial charge in [0, 0.05) is 0 Å². The molecular weight excluding hydrogens is 395 g/mol. The number of amides is 1. The van der Waals surface area contributed by atoms with E-state index in [-0.39, 0.29) is 18.5 Å². The van der Waals surface area contributed by atoms with Crippen molar-refractivity contribution in [1.29, 1.82) is 0 Å². The van der Waals surface area contributed by atoms with Gasteiger partial charge in [0.15, 0.2) is 0 Å². The molecule has 1 aromatic heterocycles. The summed E-state index contributed by atoms with van der Waals surface area (Å²) < 4.78 is 5.50. The predicted octanol–water partition coefficient (Wildman–Crippen LogP) is 5.56. The van der Waals surface area contributed by atoms with Gasteiger partial charge in [-0.2, -0.15) is 0 Å². The van der Waals surface area contributed by atoms with Gasteiger partial charge < -0.3 is 9.73 Å². The average molecular weight is 410 g/mol. The van der Waals surface area contributed by atoms with Crippen molar-refractivity contribution in [3.63, 3.8) is 0 Å². The molecule has 2 aromatic carbocycles. The zero-order valence-corrected chi connectivity index (χ0v) is 15.8. The number of carbonyl (C=O) groups is 1. The van der Waals surface area contributed by atoms with Crippen LogP contribution in [-0.4, -0.2) is 12.5 Å². The molecule has 0 unspecified atom stereocenters. The average Bonchev–Trinajstić information content (AvgIpc) is 3.15. The summed E-state index contributed by atoms with van der Waals surface area (Å²) in [6.45, 7) is 0.0524. The van der Waals surface area contributed by atoms with Gasteiger partial charge in [-0.3, -0.25) is 10.1 Å². The molecule has 0 radical (unpaired) electrons. The molecule has 0 spiro atoms.